The standard InChI is InChI=1S/C13H26ClNO/c1-5-7-8-12(6-2)13(16)15-11(4)10(3)9-14/h10-12H,5-9H2,1-4H3,(H,15,16). The zero-order chi connectivity index (χ0) is 12.6. The fourth-order valence-electron chi connectivity index (χ4n) is 1.59. The highest BCUT2D eigenvalue weighted by Gasteiger charge is 2.19. The second-order valence-corrected chi connectivity index (χ2v) is 4.98. The second-order valence-electron chi connectivity index (χ2n) is 4.68. The molecule has 3 heteroatoms. The van der Waals surface area contributed by atoms with Crippen molar-refractivity contribution >= 4 is 17.5 Å². The van der Waals surface area contributed by atoms with Gasteiger partial charge < -0.3 is 5.32 Å². The van der Waals surface area contributed by atoms with E-state index in [4.69, 9.17) is 11.6 Å². The molecule has 0 aromatic heterocycles. The molecule has 3 atom stereocenters. The summed E-state index contributed by atoms with van der Waals surface area (Å²) < 4.78 is 0. The van der Waals surface area contributed by atoms with Crippen molar-refractivity contribution in [1.29, 1.82) is 0 Å². The van der Waals surface area contributed by atoms with Crippen LogP contribution >= 0.6 is 11.6 Å². The van der Waals surface area contributed by atoms with Crippen molar-refractivity contribution in [3.8, 4) is 0 Å². The third-order valence-corrected chi connectivity index (χ3v) is 3.72. The predicted molar refractivity (Wildman–Crippen MR) is 70.8 cm³/mol. The average Bonchev–Trinajstić information content (AvgIpc) is 2.28. The van der Waals surface area contributed by atoms with E-state index in [0.717, 1.165) is 25.7 Å². The fraction of sp³-hybridized carbons (Fsp3) is 0.923. The number of hydrogen-bond acceptors (Lipinski definition) is 1. The Morgan fingerprint density at radius 3 is 2.38 bits per heavy atom. The summed E-state index contributed by atoms with van der Waals surface area (Å²) in [6.07, 6.45) is 4.21. The largest absolute Gasteiger partial charge is 0.353 e. The molecule has 0 aliphatic carbocycles. The molecule has 0 saturated carbocycles. The van der Waals surface area contributed by atoms with Crippen LogP contribution in [0.25, 0.3) is 0 Å². The first kappa shape index (κ1) is 15.8. The lowest BCUT2D eigenvalue weighted by Crippen LogP contribution is -2.41. The monoisotopic (exact) mass is 247 g/mol. The van der Waals surface area contributed by atoms with E-state index in [0.29, 0.717) is 11.8 Å². The lowest BCUT2D eigenvalue weighted by atomic mass is 9.97. The van der Waals surface area contributed by atoms with Crippen LogP contribution < -0.4 is 5.32 Å². The van der Waals surface area contributed by atoms with Crippen molar-refractivity contribution in [3.05, 3.63) is 0 Å². The summed E-state index contributed by atoms with van der Waals surface area (Å²) in [4.78, 5) is 12.0. The summed E-state index contributed by atoms with van der Waals surface area (Å²) in [5, 5.41) is 3.07. The molecule has 1 amide bonds. The number of rotatable bonds is 8. The second kappa shape index (κ2) is 8.86. The van der Waals surface area contributed by atoms with E-state index >= 15 is 0 Å². The van der Waals surface area contributed by atoms with E-state index in [9.17, 15) is 4.79 Å². The third kappa shape index (κ3) is 5.74. The number of unbranched alkanes of at least 4 members (excludes halogenated alkanes) is 1. The van der Waals surface area contributed by atoms with E-state index in [-0.39, 0.29) is 17.9 Å². The van der Waals surface area contributed by atoms with Gasteiger partial charge in [-0.1, -0.05) is 33.6 Å². The normalized spacial score (nSPS) is 16.6. The van der Waals surface area contributed by atoms with Crippen LogP contribution in [-0.4, -0.2) is 17.8 Å². The Hall–Kier alpha value is -0.240. The van der Waals surface area contributed by atoms with E-state index in [1.165, 1.54) is 0 Å². The Morgan fingerprint density at radius 1 is 1.31 bits per heavy atom. The molecule has 0 fully saturated rings. The summed E-state index contributed by atoms with van der Waals surface area (Å²) in [5.74, 6) is 1.28. The molecule has 0 aliphatic heterocycles. The van der Waals surface area contributed by atoms with Gasteiger partial charge in [0.05, 0.1) is 0 Å². The molecule has 0 aromatic carbocycles. The zero-order valence-corrected chi connectivity index (χ0v) is 11.8. The molecule has 0 bridgehead atoms. The lowest BCUT2D eigenvalue weighted by molar-refractivity contribution is -0.126. The first-order valence-corrected chi connectivity index (χ1v) is 6.96. The van der Waals surface area contributed by atoms with E-state index in [1.807, 2.05) is 6.92 Å². The highest BCUT2D eigenvalue weighted by Crippen LogP contribution is 2.14. The number of halogens is 1. The summed E-state index contributed by atoms with van der Waals surface area (Å²) >= 11 is 5.78. The van der Waals surface area contributed by atoms with Gasteiger partial charge in [-0.15, -0.1) is 11.6 Å². The smallest absolute Gasteiger partial charge is 0.223 e. The number of amides is 1. The van der Waals surface area contributed by atoms with Crippen LogP contribution in [0.2, 0.25) is 0 Å². The number of alkyl halides is 1. The zero-order valence-electron chi connectivity index (χ0n) is 11.1. The minimum Gasteiger partial charge on any atom is -0.353 e. The summed E-state index contributed by atoms with van der Waals surface area (Å²) in [6, 6.07) is 0.167. The van der Waals surface area contributed by atoms with Gasteiger partial charge in [-0.3, -0.25) is 4.79 Å². The Labute approximate surface area is 105 Å². The molecular weight excluding hydrogens is 222 g/mol. The van der Waals surface area contributed by atoms with Crippen molar-refractivity contribution in [3.63, 3.8) is 0 Å². The van der Waals surface area contributed by atoms with E-state index < -0.39 is 0 Å². The van der Waals surface area contributed by atoms with Crippen LogP contribution in [0.15, 0.2) is 0 Å². The molecular formula is C13H26ClNO. The molecule has 16 heavy (non-hydrogen) atoms. The summed E-state index contributed by atoms with van der Waals surface area (Å²) in [6.45, 7) is 8.32. The highest BCUT2D eigenvalue weighted by atomic mass is 35.5. The molecule has 2 nitrogen and oxygen atoms in total. The van der Waals surface area contributed by atoms with Gasteiger partial charge in [0.15, 0.2) is 0 Å². The number of nitrogens with one attached hydrogen (secondary N) is 1. The van der Waals surface area contributed by atoms with Gasteiger partial charge in [-0.2, -0.15) is 0 Å². The molecule has 0 rings (SSSR count). The minimum absolute atomic E-state index is 0.167. The quantitative estimate of drug-likeness (QED) is 0.653. The molecule has 0 radical (unpaired) electrons. The SMILES string of the molecule is CCCCC(CC)C(=O)NC(C)C(C)CCl. The number of carbonyl (C=O) groups is 1. The van der Waals surface area contributed by atoms with Crippen molar-refractivity contribution in [2.75, 3.05) is 5.88 Å². The molecule has 1 N–H and O–H groups in total. The van der Waals surface area contributed by atoms with Gasteiger partial charge in [0.1, 0.15) is 0 Å². The van der Waals surface area contributed by atoms with Crippen LogP contribution in [0, 0.1) is 11.8 Å². The van der Waals surface area contributed by atoms with Gasteiger partial charge in [-0.05, 0) is 25.7 Å². The van der Waals surface area contributed by atoms with Crippen LogP contribution in [0.1, 0.15) is 53.4 Å². The van der Waals surface area contributed by atoms with Gasteiger partial charge in [-0.25, -0.2) is 0 Å². The van der Waals surface area contributed by atoms with Gasteiger partial charge in [0.2, 0.25) is 5.91 Å². The summed E-state index contributed by atoms with van der Waals surface area (Å²) in [7, 11) is 0. The molecule has 0 aliphatic rings. The van der Waals surface area contributed by atoms with E-state index in [2.05, 4.69) is 26.1 Å². The predicted octanol–water partition coefficient (Wildman–Crippen LogP) is 3.58. The number of carbonyl (C=O) groups excluding carboxylic acids is 1. The van der Waals surface area contributed by atoms with Crippen LogP contribution in [0.4, 0.5) is 0 Å². The van der Waals surface area contributed by atoms with Gasteiger partial charge in [0, 0.05) is 17.8 Å². The van der Waals surface area contributed by atoms with Gasteiger partial charge in [0.25, 0.3) is 0 Å². The molecule has 0 aromatic rings. The third-order valence-electron chi connectivity index (χ3n) is 3.24. The Bertz CT molecular complexity index is 196. The lowest BCUT2D eigenvalue weighted by Gasteiger charge is -2.22. The average molecular weight is 248 g/mol. The maximum Gasteiger partial charge on any atom is 0.223 e. The fourth-order valence-corrected chi connectivity index (χ4v) is 1.86. The molecule has 3 unspecified atom stereocenters. The highest BCUT2D eigenvalue weighted by molar-refractivity contribution is 6.18. The first-order valence-electron chi connectivity index (χ1n) is 6.43. The Balaban J connectivity index is 4.09. The van der Waals surface area contributed by atoms with E-state index in [1.54, 1.807) is 0 Å². The first-order chi connectivity index (χ1) is 7.56. The molecule has 96 valence electrons. The topological polar surface area (TPSA) is 29.1 Å². The summed E-state index contributed by atoms with van der Waals surface area (Å²) in [5.41, 5.74) is 0. The molecule has 0 saturated heterocycles. The Kier molecular flexibility index (Phi) is 8.73. The van der Waals surface area contributed by atoms with Crippen molar-refractivity contribution in [1.82, 2.24) is 5.32 Å². The maximum absolute atomic E-state index is 12.0. The molecule has 0 spiro atoms. The number of hydrogen-bond donors (Lipinski definition) is 1. The minimum atomic E-state index is 0.167. The molecule has 0 heterocycles. The van der Waals surface area contributed by atoms with Crippen molar-refractivity contribution in [2.45, 2.75) is 59.4 Å². The van der Waals surface area contributed by atoms with Crippen LogP contribution in [-0.2, 0) is 4.79 Å². The van der Waals surface area contributed by atoms with Crippen LogP contribution in [0.3, 0.4) is 0 Å². The van der Waals surface area contributed by atoms with Crippen LogP contribution in [0.5, 0.6) is 0 Å². The van der Waals surface area contributed by atoms with Gasteiger partial charge >= 0.3 is 0 Å². The van der Waals surface area contributed by atoms with Crippen molar-refractivity contribution < 1.29 is 4.79 Å². The Morgan fingerprint density at radius 2 is 1.94 bits per heavy atom. The van der Waals surface area contributed by atoms with Crippen molar-refractivity contribution in [2.24, 2.45) is 11.8 Å². The maximum atomic E-state index is 12.0.